The van der Waals surface area contributed by atoms with Crippen LogP contribution in [0.1, 0.15) is 24.6 Å². The van der Waals surface area contributed by atoms with Crippen molar-refractivity contribution in [2.45, 2.75) is 36.9 Å². The van der Waals surface area contributed by atoms with Gasteiger partial charge in [-0.1, -0.05) is 0 Å². The Balaban J connectivity index is 1.73. The standard InChI is InChI=1S/C16H25N3O3S2/c1-12-10-17-7-9-19(12)16(20)14-4-3-8-18(11-14)24(21,22)15-6-5-13(2)23-15/h5-6,12,14,17H,3-4,7-11H2,1-2H3/t12-,14?/m1/s1. The number of aryl methyl sites for hydroxylation is 1. The van der Waals surface area contributed by atoms with Gasteiger partial charge in [-0.15, -0.1) is 11.3 Å². The molecule has 2 saturated heterocycles. The second-order valence-corrected chi connectivity index (χ2v) is 10.1. The first-order valence-corrected chi connectivity index (χ1v) is 10.7. The lowest BCUT2D eigenvalue weighted by Crippen LogP contribution is -2.55. The normalized spacial score (nSPS) is 26.5. The summed E-state index contributed by atoms with van der Waals surface area (Å²) >= 11 is 1.29. The van der Waals surface area contributed by atoms with E-state index in [0.717, 1.165) is 30.8 Å². The third-order valence-electron chi connectivity index (χ3n) is 4.83. The minimum absolute atomic E-state index is 0.103. The molecule has 0 saturated carbocycles. The van der Waals surface area contributed by atoms with E-state index in [9.17, 15) is 13.2 Å². The second-order valence-electron chi connectivity index (χ2n) is 6.65. The highest BCUT2D eigenvalue weighted by molar-refractivity contribution is 7.91. The van der Waals surface area contributed by atoms with E-state index in [0.29, 0.717) is 23.8 Å². The van der Waals surface area contributed by atoms with Gasteiger partial charge in [0.05, 0.1) is 5.92 Å². The van der Waals surface area contributed by atoms with Gasteiger partial charge in [0, 0.05) is 43.6 Å². The summed E-state index contributed by atoms with van der Waals surface area (Å²) in [7, 11) is -3.48. The maximum atomic E-state index is 12.9. The van der Waals surface area contributed by atoms with Crippen molar-refractivity contribution < 1.29 is 13.2 Å². The first kappa shape index (κ1) is 17.8. The highest BCUT2D eigenvalue weighted by Crippen LogP contribution is 2.29. The number of carbonyl (C=O) groups is 1. The van der Waals surface area contributed by atoms with Crippen molar-refractivity contribution in [1.82, 2.24) is 14.5 Å². The van der Waals surface area contributed by atoms with Crippen LogP contribution in [0, 0.1) is 12.8 Å². The molecule has 6 nitrogen and oxygen atoms in total. The van der Waals surface area contributed by atoms with Crippen LogP contribution >= 0.6 is 11.3 Å². The molecular weight excluding hydrogens is 346 g/mol. The molecule has 2 aliphatic rings. The molecule has 2 atom stereocenters. The number of carbonyl (C=O) groups excluding carboxylic acids is 1. The number of hydrogen-bond donors (Lipinski definition) is 1. The average molecular weight is 372 g/mol. The van der Waals surface area contributed by atoms with Crippen LogP contribution in [0.2, 0.25) is 0 Å². The van der Waals surface area contributed by atoms with E-state index < -0.39 is 10.0 Å². The minimum Gasteiger partial charge on any atom is -0.337 e. The van der Waals surface area contributed by atoms with Gasteiger partial charge >= 0.3 is 0 Å². The third kappa shape index (κ3) is 3.51. The predicted molar refractivity (Wildman–Crippen MR) is 94.6 cm³/mol. The van der Waals surface area contributed by atoms with Gasteiger partial charge in [0.2, 0.25) is 5.91 Å². The van der Waals surface area contributed by atoms with Gasteiger partial charge in [-0.2, -0.15) is 4.31 Å². The summed E-state index contributed by atoms with van der Waals surface area (Å²) in [6, 6.07) is 3.66. The van der Waals surface area contributed by atoms with Crippen molar-refractivity contribution in [3.05, 3.63) is 17.0 Å². The molecule has 3 heterocycles. The lowest BCUT2D eigenvalue weighted by molar-refractivity contribution is -0.139. The Bertz CT molecular complexity index is 701. The maximum absolute atomic E-state index is 12.9. The molecule has 0 radical (unpaired) electrons. The van der Waals surface area contributed by atoms with E-state index in [2.05, 4.69) is 5.32 Å². The third-order valence-corrected chi connectivity index (χ3v) is 8.16. The van der Waals surface area contributed by atoms with Gasteiger partial charge in [-0.3, -0.25) is 4.79 Å². The van der Waals surface area contributed by atoms with Crippen molar-refractivity contribution in [2.24, 2.45) is 5.92 Å². The van der Waals surface area contributed by atoms with Crippen LogP contribution in [-0.2, 0) is 14.8 Å². The summed E-state index contributed by atoms with van der Waals surface area (Å²) in [4.78, 5) is 15.7. The Hall–Kier alpha value is -0.960. The Morgan fingerprint density at radius 2 is 2.12 bits per heavy atom. The van der Waals surface area contributed by atoms with Crippen molar-refractivity contribution in [3.8, 4) is 0 Å². The number of amides is 1. The molecule has 2 fully saturated rings. The summed E-state index contributed by atoms with van der Waals surface area (Å²) in [6.07, 6.45) is 1.51. The molecule has 0 spiro atoms. The van der Waals surface area contributed by atoms with Crippen LogP contribution in [0.25, 0.3) is 0 Å². The molecule has 1 aromatic heterocycles. The lowest BCUT2D eigenvalue weighted by Gasteiger charge is -2.39. The first-order chi connectivity index (χ1) is 11.4. The lowest BCUT2D eigenvalue weighted by atomic mass is 9.97. The molecule has 1 unspecified atom stereocenters. The molecule has 0 aromatic carbocycles. The highest BCUT2D eigenvalue weighted by atomic mass is 32.2. The fraction of sp³-hybridized carbons (Fsp3) is 0.688. The molecule has 0 bridgehead atoms. The average Bonchev–Trinajstić information content (AvgIpc) is 3.02. The van der Waals surface area contributed by atoms with E-state index in [1.54, 1.807) is 6.07 Å². The zero-order chi connectivity index (χ0) is 17.3. The summed E-state index contributed by atoms with van der Waals surface area (Å²) < 4.78 is 27.5. The van der Waals surface area contributed by atoms with Crippen LogP contribution < -0.4 is 5.32 Å². The maximum Gasteiger partial charge on any atom is 0.252 e. The van der Waals surface area contributed by atoms with Crippen LogP contribution in [0.4, 0.5) is 0 Å². The molecule has 8 heteroatoms. The molecule has 134 valence electrons. The Kier molecular flexibility index (Phi) is 5.29. The molecule has 0 aliphatic carbocycles. The van der Waals surface area contributed by atoms with Crippen molar-refractivity contribution in [1.29, 1.82) is 0 Å². The zero-order valence-electron chi connectivity index (χ0n) is 14.2. The molecule has 3 rings (SSSR count). The van der Waals surface area contributed by atoms with Crippen LogP contribution in [-0.4, -0.2) is 62.3 Å². The van der Waals surface area contributed by atoms with Gasteiger partial charge in [-0.25, -0.2) is 8.42 Å². The number of nitrogens with zero attached hydrogens (tertiary/aromatic N) is 2. The van der Waals surface area contributed by atoms with Gasteiger partial charge in [-0.05, 0) is 38.8 Å². The Labute approximate surface area is 147 Å². The Morgan fingerprint density at radius 1 is 1.33 bits per heavy atom. The number of thiophene rings is 1. The van der Waals surface area contributed by atoms with E-state index in [4.69, 9.17) is 0 Å². The summed E-state index contributed by atoms with van der Waals surface area (Å²) in [6.45, 7) is 7.05. The zero-order valence-corrected chi connectivity index (χ0v) is 15.8. The summed E-state index contributed by atoms with van der Waals surface area (Å²) in [5.41, 5.74) is 0. The highest BCUT2D eigenvalue weighted by Gasteiger charge is 2.37. The number of rotatable bonds is 3. The number of sulfonamides is 1. The largest absolute Gasteiger partial charge is 0.337 e. The van der Waals surface area contributed by atoms with Gasteiger partial charge in [0.1, 0.15) is 4.21 Å². The van der Waals surface area contributed by atoms with Gasteiger partial charge < -0.3 is 10.2 Å². The fourth-order valence-corrected chi connectivity index (χ4v) is 6.40. The monoisotopic (exact) mass is 371 g/mol. The van der Waals surface area contributed by atoms with Crippen molar-refractivity contribution >= 4 is 27.3 Å². The first-order valence-electron chi connectivity index (χ1n) is 8.47. The van der Waals surface area contributed by atoms with Crippen LogP contribution in [0.3, 0.4) is 0 Å². The smallest absolute Gasteiger partial charge is 0.252 e. The Morgan fingerprint density at radius 3 is 2.79 bits per heavy atom. The SMILES string of the molecule is Cc1ccc(S(=O)(=O)N2CCCC(C(=O)N3CCNC[C@H]3C)C2)s1. The van der Waals surface area contributed by atoms with E-state index in [1.165, 1.54) is 15.6 Å². The fourth-order valence-electron chi connectivity index (χ4n) is 3.44. The summed E-state index contributed by atoms with van der Waals surface area (Å²) in [5, 5.41) is 3.28. The molecule has 1 amide bonds. The molecule has 24 heavy (non-hydrogen) atoms. The number of piperazine rings is 1. The van der Waals surface area contributed by atoms with Crippen LogP contribution in [0.15, 0.2) is 16.3 Å². The number of hydrogen-bond acceptors (Lipinski definition) is 5. The van der Waals surface area contributed by atoms with Crippen molar-refractivity contribution in [2.75, 3.05) is 32.7 Å². The van der Waals surface area contributed by atoms with Crippen LogP contribution in [0.5, 0.6) is 0 Å². The second kappa shape index (κ2) is 7.11. The number of piperidine rings is 1. The van der Waals surface area contributed by atoms with E-state index in [-0.39, 0.29) is 17.9 Å². The van der Waals surface area contributed by atoms with E-state index >= 15 is 0 Å². The minimum atomic E-state index is -3.48. The van der Waals surface area contributed by atoms with Gasteiger partial charge in [0.25, 0.3) is 10.0 Å². The molecule has 1 aromatic rings. The number of nitrogens with one attached hydrogen (secondary N) is 1. The molecule has 1 N–H and O–H groups in total. The molecule has 2 aliphatic heterocycles. The van der Waals surface area contributed by atoms with Gasteiger partial charge in [0.15, 0.2) is 0 Å². The predicted octanol–water partition coefficient (Wildman–Crippen LogP) is 1.28. The topological polar surface area (TPSA) is 69.7 Å². The van der Waals surface area contributed by atoms with E-state index in [1.807, 2.05) is 24.8 Å². The van der Waals surface area contributed by atoms with Crippen molar-refractivity contribution in [3.63, 3.8) is 0 Å². The summed E-state index contributed by atoms with van der Waals surface area (Å²) in [5.74, 6) is -0.124. The molecular formula is C16H25N3O3S2. The quantitative estimate of drug-likeness (QED) is 0.869.